The highest BCUT2D eigenvalue weighted by molar-refractivity contribution is 7.99. The Bertz CT molecular complexity index is 753. The fraction of sp³-hybridized carbons (Fsp3) is 0.250. The molecule has 9 heteroatoms. The van der Waals surface area contributed by atoms with Gasteiger partial charge in [0.05, 0.1) is 29.5 Å². The molecule has 2 amide bonds. The van der Waals surface area contributed by atoms with E-state index in [0.29, 0.717) is 11.8 Å². The monoisotopic (exact) mass is 372 g/mol. The summed E-state index contributed by atoms with van der Waals surface area (Å²) >= 11 is 1.32. The molecule has 0 aliphatic carbocycles. The van der Waals surface area contributed by atoms with Crippen molar-refractivity contribution in [1.82, 2.24) is 5.32 Å². The number of thioether (sulfide) groups is 1. The van der Waals surface area contributed by atoms with E-state index in [2.05, 4.69) is 10.6 Å². The van der Waals surface area contributed by atoms with Crippen LogP contribution in [0.2, 0.25) is 0 Å². The molecule has 1 atom stereocenters. The van der Waals surface area contributed by atoms with Crippen LogP contribution >= 0.6 is 11.8 Å². The van der Waals surface area contributed by atoms with E-state index < -0.39 is 46.7 Å². The zero-order valence-corrected chi connectivity index (χ0v) is 14.0. The fourth-order valence-corrected chi connectivity index (χ4v) is 2.62. The smallest absolute Gasteiger partial charge is 0.243 e. The molecule has 2 rings (SSSR count). The summed E-state index contributed by atoms with van der Waals surface area (Å²) in [6.45, 7) is 1.23. The summed E-state index contributed by atoms with van der Waals surface area (Å²) in [6.07, 6.45) is 1.53. The van der Waals surface area contributed by atoms with Gasteiger partial charge in [0.15, 0.2) is 17.5 Å². The number of amides is 2. The van der Waals surface area contributed by atoms with Crippen molar-refractivity contribution in [1.29, 1.82) is 0 Å². The molecule has 0 fully saturated rings. The fourth-order valence-electron chi connectivity index (χ4n) is 1.81. The highest BCUT2D eigenvalue weighted by atomic mass is 32.2. The Balaban J connectivity index is 1.79. The first-order chi connectivity index (χ1) is 11.9. The van der Waals surface area contributed by atoms with Crippen molar-refractivity contribution in [3.05, 3.63) is 53.7 Å². The lowest BCUT2D eigenvalue weighted by atomic mass is 10.2. The molecule has 25 heavy (non-hydrogen) atoms. The number of rotatable bonds is 7. The maximum atomic E-state index is 13.5. The van der Waals surface area contributed by atoms with Crippen molar-refractivity contribution in [2.75, 3.05) is 11.9 Å². The third kappa shape index (κ3) is 5.28. The maximum Gasteiger partial charge on any atom is 0.243 e. The van der Waals surface area contributed by atoms with Crippen LogP contribution in [0.5, 0.6) is 0 Å². The van der Waals surface area contributed by atoms with Gasteiger partial charge in [-0.25, -0.2) is 13.2 Å². The van der Waals surface area contributed by atoms with Crippen LogP contribution in [0.1, 0.15) is 12.7 Å². The Labute approximate surface area is 146 Å². The molecule has 1 aromatic carbocycles. The molecule has 2 aromatic rings. The largest absolute Gasteiger partial charge is 0.468 e. The normalized spacial score (nSPS) is 11.8. The Morgan fingerprint density at radius 1 is 1.20 bits per heavy atom. The molecule has 0 spiro atoms. The standard InChI is InChI=1S/C16H15F3N2O3S/c1-9(25-8-10-3-2-6-24-10)16(23)20-7-13(22)21-12-5-4-11(17)14(18)15(12)19/h2-6,9H,7-8H2,1H3,(H,20,23)(H,21,22). The highest BCUT2D eigenvalue weighted by Gasteiger charge is 2.17. The van der Waals surface area contributed by atoms with E-state index in [1.54, 1.807) is 19.1 Å². The molecule has 1 unspecified atom stereocenters. The van der Waals surface area contributed by atoms with Gasteiger partial charge in [0.2, 0.25) is 11.8 Å². The van der Waals surface area contributed by atoms with E-state index in [4.69, 9.17) is 4.42 Å². The number of carbonyl (C=O) groups excluding carboxylic acids is 2. The number of benzene rings is 1. The molecule has 5 nitrogen and oxygen atoms in total. The lowest BCUT2D eigenvalue weighted by Gasteiger charge is -2.12. The van der Waals surface area contributed by atoms with Crippen LogP contribution in [0.15, 0.2) is 34.9 Å². The van der Waals surface area contributed by atoms with E-state index in [0.717, 1.165) is 11.8 Å². The number of hydrogen-bond acceptors (Lipinski definition) is 4. The number of anilines is 1. The third-order valence-electron chi connectivity index (χ3n) is 3.16. The molecule has 0 bridgehead atoms. The molecule has 1 aromatic heterocycles. The van der Waals surface area contributed by atoms with E-state index >= 15 is 0 Å². The van der Waals surface area contributed by atoms with Gasteiger partial charge < -0.3 is 15.1 Å². The minimum Gasteiger partial charge on any atom is -0.468 e. The number of hydrogen-bond donors (Lipinski definition) is 2. The van der Waals surface area contributed by atoms with Crippen molar-refractivity contribution in [2.45, 2.75) is 17.9 Å². The zero-order chi connectivity index (χ0) is 18.4. The second-order valence-electron chi connectivity index (χ2n) is 5.02. The first-order valence-electron chi connectivity index (χ1n) is 7.23. The van der Waals surface area contributed by atoms with Crippen LogP contribution in [0.25, 0.3) is 0 Å². The van der Waals surface area contributed by atoms with Gasteiger partial charge in [-0.15, -0.1) is 11.8 Å². The second kappa shape index (κ2) is 8.61. The quantitative estimate of drug-likeness (QED) is 0.733. The summed E-state index contributed by atoms with van der Waals surface area (Å²) in [5.74, 6) is -4.47. The first kappa shape index (κ1) is 18.9. The predicted octanol–water partition coefficient (Wildman–Crippen LogP) is 3.07. The number of nitrogens with one attached hydrogen (secondary N) is 2. The number of carbonyl (C=O) groups is 2. The molecule has 0 saturated heterocycles. The number of furan rings is 1. The average Bonchev–Trinajstić information content (AvgIpc) is 3.11. The van der Waals surface area contributed by atoms with Gasteiger partial charge in [-0.3, -0.25) is 9.59 Å². The lowest BCUT2D eigenvalue weighted by Crippen LogP contribution is -2.37. The van der Waals surface area contributed by atoms with Gasteiger partial charge in [-0.2, -0.15) is 0 Å². The average molecular weight is 372 g/mol. The minimum atomic E-state index is -1.68. The minimum absolute atomic E-state index is 0.391. The van der Waals surface area contributed by atoms with Gasteiger partial charge in [0.25, 0.3) is 0 Å². The van der Waals surface area contributed by atoms with Crippen LogP contribution in [-0.4, -0.2) is 23.6 Å². The van der Waals surface area contributed by atoms with E-state index in [1.165, 1.54) is 18.0 Å². The van der Waals surface area contributed by atoms with Gasteiger partial charge in [-0.05, 0) is 31.2 Å². The summed E-state index contributed by atoms with van der Waals surface area (Å²) in [5.41, 5.74) is -0.501. The Kier molecular flexibility index (Phi) is 6.51. The van der Waals surface area contributed by atoms with Gasteiger partial charge in [-0.1, -0.05) is 0 Å². The van der Waals surface area contributed by atoms with Crippen LogP contribution in [0, 0.1) is 17.5 Å². The van der Waals surface area contributed by atoms with Crippen molar-refractivity contribution >= 4 is 29.3 Å². The summed E-state index contributed by atoms with van der Waals surface area (Å²) < 4.78 is 44.5. The predicted molar refractivity (Wildman–Crippen MR) is 87.4 cm³/mol. The SMILES string of the molecule is CC(SCc1ccco1)C(=O)NCC(=O)Nc1ccc(F)c(F)c1F. The van der Waals surface area contributed by atoms with E-state index in [9.17, 15) is 22.8 Å². The molecular formula is C16H15F3N2O3S. The van der Waals surface area contributed by atoms with Gasteiger partial charge in [0, 0.05) is 0 Å². The van der Waals surface area contributed by atoms with Crippen molar-refractivity contribution in [2.24, 2.45) is 0 Å². The van der Waals surface area contributed by atoms with Crippen molar-refractivity contribution < 1.29 is 27.2 Å². The summed E-state index contributed by atoms with van der Waals surface area (Å²) in [5, 5.41) is 4.01. The molecule has 134 valence electrons. The topological polar surface area (TPSA) is 71.3 Å². The summed E-state index contributed by atoms with van der Waals surface area (Å²) in [7, 11) is 0. The van der Waals surface area contributed by atoms with Gasteiger partial charge >= 0.3 is 0 Å². The molecule has 0 saturated carbocycles. The Morgan fingerprint density at radius 3 is 2.64 bits per heavy atom. The van der Waals surface area contributed by atoms with Crippen molar-refractivity contribution in [3.63, 3.8) is 0 Å². The Hall–Kier alpha value is -2.42. The van der Waals surface area contributed by atoms with Crippen LogP contribution in [0.4, 0.5) is 18.9 Å². The molecule has 2 N–H and O–H groups in total. The zero-order valence-electron chi connectivity index (χ0n) is 13.1. The third-order valence-corrected chi connectivity index (χ3v) is 4.32. The van der Waals surface area contributed by atoms with E-state index in [1.807, 2.05) is 0 Å². The molecular weight excluding hydrogens is 357 g/mol. The first-order valence-corrected chi connectivity index (χ1v) is 8.28. The summed E-state index contributed by atoms with van der Waals surface area (Å²) in [4.78, 5) is 23.6. The molecule has 1 heterocycles. The molecule has 0 aliphatic heterocycles. The van der Waals surface area contributed by atoms with Crippen LogP contribution in [0.3, 0.4) is 0 Å². The van der Waals surface area contributed by atoms with Crippen LogP contribution in [-0.2, 0) is 15.3 Å². The second-order valence-corrected chi connectivity index (χ2v) is 6.35. The lowest BCUT2D eigenvalue weighted by molar-refractivity contribution is -0.123. The van der Waals surface area contributed by atoms with Crippen molar-refractivity contribution in [3.8, 4) is 0 Å². The molecule has 0 radical (unpaired) electrons. The van der Waals surface area contributed by atoms with E-state index in [-0.39, 0.29) is 0 Å². The Morgan fingerprint density at radius 2 is 1.96 bits per heavy atom. The summed E-state index contributed by atoms with van der Waals surface area (Å²) in [6, 6.07) is 5.11. The number of halogens is 3. The maximum absolute atomic E-state index is 13.5. The molecule has 0 aliphatic rings. The van der Waals surface area contributed by atoms with Gasteiger partial charge in [0.1, 0.15) is 5.76 Å². The van der Waals surface area contributed by atoms with Crippen LogP contribution < -0.4 is 10.6 Å². The highest BCUT2D eigenvalue weighted by Crippen LogP contribution is 2.20.